The fraction of sp³-hybridized carbons (Fsp3) is 0.333. The summed E-state index contributed by atoms with van der Waals surface area (Å²) in [6.07, 6.45) is 2.91. The lowest BCUT2D eigenvalue weighted by molar-refractivity contribution is -0.146. The Balaban J connectivity index is 1.86. The van der Waals surface area contributed by atoms with E-state index >= 15 is 0 Å². The second-order valence-corrected chi connectivity index (χ2v) is 6.91. The number of carbonyl (C=O) groups excluding carboxylic acids is 1. The van der Waals surface area contributed by atoms with Gasteiger partial charge in [-0.05, 0) is 40.7 Å². The fourth-order valence-corrected chi connectivity index (χ4v) is 2.79. The molecule has 0 fully saturated rings. The smallest absolute Gasteiger partial charge is 0.331 e. The first kappa shape index (κ1) is 18.4. The molecule has 0 saturated heterocycles. The fourth-order valence-electron chi connectivity index (χ4n) is 2.79. The average molecular weight is 371 g/mol. The van der Waals surface area contributed by atoms with Gasteiger partial charge >= 0.3 is 5.97 Å². The van der Waals surface area contributed by atoms with E-state index in [1.54, 1.807) is 19.1 Å². The molecular weight excluding hydrogens is 350 g/mol. The van der Waals surface area contributed by atoms with Crippen molar-refractivity contribution in [3.63, 3.8) is 0 Å². The van der Waals surface area contributed by atoms with Crippen LogP contribution >= 0.6 is 0 Å². The predicted octanol–water partition coefficient (Wildman–Crippen LogP) is 2.66. The van der Waals surface area contributed by atoms with Crippen LogP contribution in [0.25, 0.3) is 5.82 Å². The third-order valence-corrected chi connectivity index (χ3v) is 4.46. The van der Waals surface area contributed by atoms with Crippen LogP contribution in [0.5, 0.6) is 0 Å². The van der Waals surface area contributed by atoms with Gasteiger partial charge in [0, 0.05) is 23.7 Å². The van der Waals surface area contributed by atoms with Crippen LogP contribution in [-0.4, -0.2) is 36.5 Å². The Morgan fingerprint density at radius 2 is 1.93 bits per heavy atom. The zero-order valence-corrected chi connectivity index (χ0v) is 15.8. The van der Waals surface area contributed by atoms with Crippen molar-refractivity contribution in [3.8, 4) is 5.82 Å². The molecule has 3 rings (SSSR count). The topological polar surface area (TPSA) is 115 Å². The van der Waals surface area contributed by atoms with Crippen LogP contribution in [0.1, 0.15) is 41.4 Å². The van der Waals surface area contributed by atoms with E-state index in [2.05, 4.69) is 15.6 Å². The second-order valence-electron chi connectivity index (χ2n) is 6.91. The van der Waals surface area contributed by atoms with Gasteiger partial charge in [-0.1, -0.05) is 5.16 Å². The van der Waals surface area contributed by atoms with E-state index in [-0.39, 0.29) is 5.91 Å². The zero-order chi connectivity index (χ0) is 19.9. The van der Waals surface area contributed by atoms with Gasteiger partial charge in [-0.15, -0.1) is 0 Å². The molecule has 0 spiro atoms. The minimum absolute atomic E-state index is 0.317. The molecule has 0 radical (unpaired) electrons. The molecule has 0 aromatic carbocycles. The Morgan fingerprint density at radius 3 is 2.52 bits per heavy atom. The van der Waals surface area contributed by atoms with Crippen molar-refractivity contribution < 1.29 is 19.2 Å². The maximum atomic E-state index is 12.7. The number of carboxylic acid groups (broad SMARTS) is 1. The van der Waals surface area contributed by atoms with Gasteiger partial charge in [-0.25, -0.2) is 4.79 Å². The Bertz CT molecular complexity index is 1020. The van der Waals surface area contributed by atoms with Gasteiger partial charge in [-0.2, -0.15) is 5.10 Å². The molecule has 142 valence electrons. The first-order chi connectivity index (χ1) is 12.6. The van der Waals surface area contributed by atoms with Gasteiger partial charge in [0.25, 0.3) is 5.91 Å². The van der Waals surface area contributed by atoms with E-state index < -0.39 is 11.5 Å². The molecule has 27 heavy (non-hydrogen) atoms. The summed E-state index contributed by atoms with van der Waals surface area (Å²) in [5.74, 6) is -0.0493. The number of nitrogens with zero attached hydrogens (tertiary/aromatic N) is 4. The van der Waals surface area contributed by atoms with Crippen LogP contribution in [0.2, 0.25) is 0 Å². The van der Waals surface area contributed by atoms with Gasteiger partial charge in [0.05, 0.1) is 17.4 Å². The van der Waals surface area contributed by atoms with Crippen molar-refractivity contribution in [3.05, 3.63) is 47.2 Å². The molecule has 0 unspecified atom stereocenters. The first-order valence-corrected chi connectivity index (χ1v) is 8.34. The lowest BCUT2D eigenvalue weighted by atomic mass is 10.1. The van der Waals surface area contributed by atoms with E-state index in [0.717, 1.165) is 11.4 Å². The van der Waals surface area contributed by atoms with Gasteiger partial charge in [0.1, 0.15) is 5.76 Å². The van der Waals surface area contributed by atoms with Crippen LogP contribution in [0.3, 0.4) is 0 Å². The van der Waals surface area contributed by atoms with E-state index in [9.17, 15) is 14.7 Å². The molecule has 9 heteroatoms. The SMILES string of the molecule is Cc1cc(-n2c(C)cc(C(=O)Nc3cnn(C(C)(C)C(=O)O)c3)c2C)no1. The minimum Gasteiger partial charge on any atom is -0.479 e. The molecule has 3 aromatic heterocycles. The summed E-state index contributed by atoms with van der Waals surface area (Å²) in [6, 6.07) is 3.56. The second kappa shape index (κ2) is 6.42. The Hall–Kier alpha value is -3.36. The van der Waals surface area contributed by atoms with Crippen LogP contribution < -0.4 is 5.32 Å². The van der Waals surface area contributed by atoms with E-state index in [1.807, 2.05) is 18.4 Å². The van der Waals surface area contributed by atoms with Crippen molar-refractivity contribution in [1.29, 1.82) is 0 Å². The summed E-state index contributed by atoms with van der Waals surface area (Å²) in [7, 11) is 0. The van der Waals surface area contributed by atoms with Crippen molar-refractivity contribution >= 4 is 17.6 Å². The van der Waals surface area contributed by atoms with Crippen LogP contribution in [0.4, 0.5) is 5.69 Å². The number of rotatable bonds is 5. The van der Waals surface area contributed by atoms with Gasteiger partial charge in [0.2, 0.25) is 0 Å². The molecule has 1 amide bonds. The number of nitrogens with one attached hydrogen (secondary N) is 1. The summed E-state index contributed by atoms with van der Waals surface area (Å²) in [4.78, 5) is 24.0. The monoisotopic (exact) mass is 371 g/mol. The molecule has 0 aliphatic heterocycles. The van der Waals surface area contributed by atoms with Crippen molar-refractivity contribution in [2.24, 2.45) is 0 Å². The van der Waals surface area contributed by atoms with E-state index in [4.69, 9.17) is 4.52 Å². The Kier molecular flexibility index (Phi) is 4.38. The lowest BCUT2D eigenvalue weighted by Crippen LogP contribution is -2.35. The van der Waals surface area contributed by atoms with Crippen molar-refractivity contribution in [2.45, 2.75) is 40.2 Å². The highest BCUT2D eigenvalue weighted by Crippen LogP contribution is 2.22. The molecule has 0 bridgehead atoms. The molecule has 0 saturated carbocycles. The third kappa shape index (κ3) is 3.23. The van der Waals surface area contributed by atoms with Crippen LogP contribution in [0, 0.1) is 20.8 Å². The van der Waals surface area contributed by atoms with Crippen molar-refractivity contribution in [2.75, 3.05) is 5.32 Å². The van der Waals surface area contributed by atoms with Gasteiger partial charge in [-0.3, -0.25) is 14.0 Å². The van der Waals surface area contributed by atoms with Crippen molar-refractivity contribution in [1.82, 2.24) is 19.5 Å². The highest BCUT2D eigenvalue weighted by Gasteiger charge is 2.30. The number of hydrogen-bond donors (Lipinski definition) is 2. The largest absolute Gasteiger partial charge is 0.479 e. The molecule has 0 atom stereocenters. The van der Waals surface area contributed by atoms with Crippen LogP contribution in [0.15, 0.2) is 29.0 Å². The first-order valence-electron chi connectivity index (χ1n) is 8.34. The van der Waals surface area contributed by atoms with E-state index in [1.165, 1.54) is 30.9 Å². The summed E-state index contributed by atoms with van der Waals surface area (Å²) in [6.45, 7) is 8.56. The molecule has 2 N–H and O–H groups in total. The maximum Gasteiger partial charge on any atom is 0.331 e. The molecule has 9 nitrogen and oxygen atoms in total. The number of aliphatic carboxylic acids is 1. The van der Waals surface area contributed by atoms with E-state index in [0.29, 0.717) is 22.8 Å². The lowest BCUT2D eigenvalue weighted by Gasteiger charge is -2.19. The molecule has 0 aliphatic carbocycles. The minimum atomic E-state index is -1.22. The molecular formula is C18H21N5O4. The normalized spacial score (nSPS) is 11.6. The number of aryl methyl sites for hydroxylation is 2. The molecule has 0 aliphatic rings. The quantitative estimate of drug-likeness (QED) is 0.712. The summed E-state index contributed by atoms with van der Waals surface area (Å²) >= 11 is 0. The Labute approximate surface area is 155 Å². The number of aromatic nitrogens is 4. The zero-order valence-electron chi connectivity index (χ0n) is 15.8. The van der Waals surface area contributed by atoms with Gasteiger partial charge in [0.15, 0.2) is 11.4 Å². The summed E-state index contributed by atoms with van der Waals surface area (Å²) in [5, 5.41) is 20.1. The van der Waals surface area contributed by atoms with Gasteiger partial charge < -0.3 is 14.9 Å². The Morgan fingerprint density at radius 1 is 1.22 bits per heavy atom. The molecule has 3 aromatic rings. The maximum absolute atomic E-state index is 12.7. The number of carboxylic acids is 1. The standard InChI is InChI=1S/C18H21N5O4/c1-10-6-14(12(3)23(10)15-7-11(2)27-21-15)16(24)20-13-8-19-22(9-13)18(4,5)17(25)26/h6-9H,1-5H3,(H,20,24)(H,25,26). The third-order valence-electron chi connectivity index (χ3n) is 4.46. The number of anilines is 1. The highest BCUT2D eigenvalue weighted by molar-refractivity contribution is 6.05. The number of amides is 1. The molecule has 3 heterocycles. The van der Waals surface area contributed by atoms with Crippen LogP contribution in [-0.2, 0) is 10.3 Å². The number of carbonyl (C=O) groups is 2. The highest BCUT2D eigenvalue weighted by atomic mass is 16.5. The number of hydrogen-bond acceptors (Lipinski definition) is 5. The average Bonchev–Trinajstić information content (AvgIpc) is 3.27. The summed E-state index contributed by atoms with van der Waals surface area (Å²) < 4.78 is 8.25. The predicted molar refractivity (Wildman–Crippen MR) is 97.2 cm³/mol. The summed E-state index contributed by atoms with van der Waals surface area (Å²) in [5.41, 5.74) is 1.24.